The van der Waals surface area contributed by atoms with Crippen LogP contribution in [0.5, 0.6) is 0 Å². The van der Waals surface area contributed by atoms with E-state index in [9.17, 15) is 0 Å². The lowest BCUT2D eigenvalue weighted by Gasteiger charge is -2.19. The van der Waals surface area contributed by atoms with E-state index < -0.39 is 0 Å². The molecule has 0 bridgehead atoms. The van der Waals surface area contributed by atoms with E-state index in [1.807, 2.05) is 42.5 Å². The SMILES string of the molecule is NC(C1=CC=CCN1)c1ccccc1. The van der Waals surface area contributed by atoms with Crippen LogP contribution < -0.4 is 11.1 Å². The number of allylic oxidation sites excluding steroid dienone is 2. The summed E-state index contributed by atoms with van der Waals surface area (Å²) < 4.78 is 0. The van der Waals surface area contributed by atoms with Crippen LogP contribution in [-0.2, 0) is 0 Å². The van der Waals surface area contributed by atoms with Gasteiger partial charge in [-0.25, -0.2) is 0 Å². The fourth-order valence-electron chi connectivity index (χ4n) is 1.53. The molecule has 0 radical (unpaired) electrons. The first kappa shape index (κ1) is 9.03. The first-order chi connectivity index (χ1) is 6.88. The molecule has 0 spiro atoms. The Morgan fingerprint density at radius 3 is 2.64 bits per heavy atom. The molecule has 2 heteroatoms. The number of dihydropyridines is 1. The number of benzene rings is 1. The van der Waals surface area contributed by atoms with Crippen LogP contribution in [0.3, 0.4) is 0 Å². The van der Waals surface area contributed by atoms with E-state index in [1.54, 1.807) is 0 Å². The monoisotopic (exact) mass is 186 g/mol. The van der Waals surface area contributed by atoms with Crippen molar-refractivity contribution in [2.24, 2.45) is 5.73 Å². The van der Waals surface area contributed by atoms with E-state index in [-0.39, 0.29) is 6.04 Å². The molecule has 1 heterocycles. The molecule has 1 unspecified atom stereocenters. The minimum absolute atomic E-state index is 0.0406. The Morgan fingerprint density at radius 1 is 1.21 bits per heavy atom. The van der Waals surface area contributed by atoms with E-state index in [1.165, 1.54) is 0 Å². The third-order valence-corrected chi connectivity index (χ3v) is 2.33. The lowest BCUT2D eigenvalue weighted by atomic mass is 10.0. The normalized spacial score (nSPS) is 17.1. The van der Waals surface area contributed by atoms with Crippen molar-refractivity contribution in [3.05, 3.63) is 59.8 Å². The molecule has 0 aliphatic carbocycles. The average molecular weight is 186 g/mol. The molecule has 0 saturated heterocycles. The second-order valence-electron chi connectivity index (χ2n) is 3.32. The molecule has 0 amide bonds. The topological polar surface area (TPSA) is 38.0 Å². The van der Waals surface area contributed by atoms with Crippen molar-refractivity contribution >= 4 is 0 Å². The molecule has 0 aromatic heterocycles. The number of nitrogens with two attached hydrogens (primary N) is 1. The predicted octanol–water partition coefficient (Wildman–Crippen LogP) is 1.73. The number of nitrogens with one attached hydrogen (secondary N) is 1. The molecule has 1 aliphatic heterocycles. The van der Waals surface area contributed by atoms with Crippen LogP contribution in [0.2, 0.25) is 0 Å². The third kappa shape index (κ3) is 1.86. The predicted molar refractivity (Wildman–Crippen MR) is 58.6 cm³/mol. The summed E-state index contributed by atoms with van der Waals surface area (Å²) in [5.41, 5.74) is 8.33. The molecular formula is C12H14N2. The Balaban J connectivity index is 2.19. The maximum atomic E-state index is 6.11. The van der Waals surface area contributed by atoms with Gasteiger partial charge < -0.3 is 11.1 Å². The summed E-state index contributed by atoms with van der Waals surface area (Å²) in [5.74, 6) is 0. The molecule has 14 heavy (non-hydrogen) atoms. The van der Waals surface area contributed by atoms with Gasteiger partial charge in [0.15, 0.2) is 0 Å². The first-order valence-corrected chi connectivity index (χ1v) is 4.79. The number of rotatable bonds is 2. The lowest BCUT2D eigenvalue weighted by molar-refractivity contribution is 0.729. The van der Waals surface area contributed by atoms with Gasteiger partial charge in [0.05, 0.1) is 6.04 Å². The first-order valence-electron chi connectivity index (χ1n) is 4.79. The standard InChI is InChI=1S/C12H14N2/c13-12(10-6-2-1-3-7-10)11-8-4-5-9-14-11/h1-8,12,14H,9,13H2. The highest BCUT2D eigenvalue weighted by atomic mass is 14.9. The summed E-state index contributed by atoms with van der Waals surface area (Å²) in [6.07, 6.45) is 6.14. The summed E-state index contributed by atoms with van der Waals surface area (Å²) >= 11 is 0. The van der Waals surface area contributed by atoms with Gasteiger partial charge >= 0.3 is 0 Å². The van der Waals surface area contributed by atoms with Gasteiger partial charge in [0.25, 0.3) is 0 Å². The van der Waals surface area contributed by atoms with Gasteiger partial charge in [-0.1, -0.05) is 42.5 Å². The summed E-state index contributed by atoms with van der Waals surface area (Å²) in [5, 5.41) is 3.27. The zero-order valence-corrected chi connectivity index (χ0v) is 7.98. The van der Waals surface area contributed by atoms with Crippen LogP contribution >= 0.6 is 0 Å². The third-order valence-electron chi connectivity index (χ3n) is 2.33. The van der Waals surface area contributed by atoms with Gasteiger partial charge in [-0.3, -0.25) is 0 Å². The summed E-state index contributed by atoms with van der Waals surface area (Å²) in [6, 6.07) is 10.1. The average Bonchev–Trinajstić information content (AvgIpc) is 2.30. The van der Waals surface area contributed by atoms with Crippen LogP contribution in [0, 0.1) is 0 Å². The number of hydrogen-bond donors (Lipinski definition) is 2. The van der Waals surface area contributed by atoms with E-state index >= 15 is 0 Å². The minimum Gasteiger partial charge on any atom is -0.383 e. The van der Waals surface area contributed by atoms with Gasteiger partial charge in [-0.05, 0) is 11.6 Å². The Bertz CT molecular complexity index is 352. The molecular weight excluding hydrogens is 172 g/mol. The summed E-state index contributed by atoms with van der Waals surface area (Å²) in [6.45, 7) is 0.867. The van der Waals surface area contributed by atoms with E-state index in [0.29, 0.717) is 0 Å². The van der Waals surface area contributed by atoms with E-state index in [2.05, 4.69) is 11.4 Å². The highest BCUT2D eigenvalue weighted by Gasteiger charge is 2.10. The molecule has 2 rings (SSSR count). The van der Waals surface area contributed by atoms with E-state index in [0.717, 1.165) is 17.8 Å². The van der Waals surface area contributed by atoms with Gasteiger partial charge in [-0.2, -0.15) is 0 Å². The van der Waals surface area contributed by atoms with Gasteiger partial charge in [0.2, 0.25) is 0 Å². The fraction of sp³-hybridized carbons (Fsp3) is 0.167. The maximum absolute atomic E-state index is 6.11. The zero-order chi connectivity index (χ0) is 9.80. The molecule has 1 atom stereocenters. The van der Waals surface area contributed by atoms with E-state index in [4.69, 9.17) is 5.73 Å². The Labute approximate surface area is 84.1 Å². The van der Waals surface area contributed by atoms with Crippen molar-refractivity contribution in [3.8, 4) is 0 Å². The second kappa shape index (κ2) is 4.11. The molecule has 1 aromatic rings. The second-order valence-corrected chi connectivity index (χ2v) is 3.32. The van der Waals surface area contributed by atoms with Gasteiger partial charge in [-0.15, -0.1) is 0 Å². The zero-order valence-electron chi connectivity index (χ0n) is 7.98. The van der Waals surface area contributed by atoms with Crippen molar-refractivity contribution in [2.45, 2.75) is 6.04 Å². The summed E-state index contributed by atoms with van der Waals surface area (Å²) in [4.78, 5) is 0. The molecule has 3 N–H and O–H groups in total. The molecule has 1 aromatic carbocycles. The Kier molecular flexibility index (Phi) is 2.65. The molecule has 72 valence electrons. The van der Waals surface area contributed by atoms with Crippen LogP contribution in [0.25, 0.3) is 0 Å². The fourth-order valence-corrected chi connectivity index (χ4v) is 1.53. The van der Waals surface area contributed by atoms with Crippen LogP contribution in [-0.4, -0.2) is 6.54 Å². The smallest absolute Gasteiger partial charge is 0.0700 e. The van der Waals surface area contributed by atoms with Crippen molar-refractivity contribution in [3.63, 3.8) is 0 Å². The minimum atomic E-state index is -0.0406. The Hall–Kier alpha value is -1.54. The van der Waals surface area contributed by atoms with Crippen LogP contribution in [0.15, 0.2) is 54.3 Å². The number of hydrogen-bond acceptors (Lipinski definition) is 2. The van der Waals surface area contributed by atoms with Crippen molar-refractivity contribution in [2.75, 3.05) is 6.54 Å². The molecule has 1 aliphatic rings. The molecule has 0 fully saturated rings. The van der Waals surface area contributed by atoms with Gasteiger partial charge in [0.1, 0.15) is 0 Å². The highest BCUT2D eigenvalue weighted by Crippen LogP contribution is 2.17. The van der Waals surface area contributed by atoms with Crippen molar-refractivity contribution in [1.82, 2.24) is 5.32 Å². The largest absolute Gasteiger partial charge is 0.383 e. The van der Waals surface area contributed by atoms with Crippen LogP contribution in [0.4, 0.5) is 0 Å². The Morgan fingerprint density at radius 2 is 2.00 bits per heavy atom. The van der Waals surface area contributed by atoms with Crippen LogP contribution in [0.1, 0.15) is 11.6 Å². The highest BCUT2D eigenvalue weighted by molar-refractivity contribution is 5.30. The summed E-state index contributed by atoms with van der Waals surface area (Å²) in [7, 11) is 0. The molecule has 0 saturated carbocycles. The molecule has 2 nitrogen and oxygen atoms in total. The van der Waals surface area contributed by atoms with Crippen molar-refractivity contribution < 1.29 is 0 Å². The lowest BCUT2D eigenvalue weighted by Crippen LogP contribution is -2.26. The van der Waals surface area contributed by atoms with Gasteiger partial charge in [0, 0.05) is 12.2 Å². The quantitative estimate of drug-likeness (QED) is 0.738. The maximum Gasteiger partial charge on any atom is 0.0700 e. The van der Waals surface area contributed by atoms with Crippen molar-refractivity contribution in [1.29, 1.82) is 0 Å².